The Balaban J connectivity index is 2.37. The maximum Gasteiger partial charge on any atom is 0.125 e. The van der Waals surface area contributed by atoms with Crippen LogP contribution < -0.4 is 4.74 Å². The zero-order valence-corrected chi connectivity index (χ0v) is 12.5. The van der Waals surface area contributed by atoms with E-state index < -0.39 is 6.10 Å². The predicted molar refractivity (Wildman–Crippen MR) is 77.6 cm³/mol. The van der Waals surface area contributed by atoms with Crippen molar-refractivity contribution in [3.63, 3.8) is 0 Å². The van der Waals surface area contributed by atoms with E-state index in [-0.39, 0.29) is 0 Å². The molecule has 3 nitrogen and oxygen atoms in total. The molecule has 19 heavy (non-hydrogen) atoms. The second kappa shape index (κ2) is 8.18. The SMILES string of the molecule is Cc1ccc(OCCOCCC(C)C)c([C@@H](C)O)c1. The maximum atomic E-state index is 9.72. The van der Waals surface area contributed by atoms with Crippen LogP contribution in [0.25, 0.3) is 0 Å². The van der Waals surface area contributed by atoms with Gasteiger partial charge < -0.3 is 14.6 Å². The topological polar surface area (TPSA) is 38.7 Å². The number of rotatable bonds is 8. The summed E-state index contributed by atoms with van der Waals surface area (Å²) < 4.78 is 11.2. The summed E-state index contributed by atoms with van der Waals surface area (Å²) in [5.41, 5.74) is 1.96. The fourth-order valence-corrected chi connectivity index (χ4v) is 1.76. The van der Waals surface area contributed by atoms with Crippen LogP contribution in [0.3, 0.4) is 0 Å². The standard InChI is InChI=1S/C16H26O3/c1-12(2)7-8-18-9-10-19-16-6-5-13(3)11-15(16)14(4)17/h5-6,11-12,14,17H,7-10H2,1-4H3/t14-/m1/s1. The van der Waals surface area contributed by atoms with E-state index in [1.165, 1.54) is 0 Å². The molecule has 0 heterocycles. The molecule has 1 rings (SSSR count). The molecule has 0 aliphatic heterocycles. The highest BCUT2D eigenvalue weighted by Crippen LogP contribution is 2.26. The number of hydrogen-bond acceptors (Lipinski definition) is 3. The van der Waals surface area contributed by atoms with Crippen LogP contribution in [0.5, 0.6) is 5.75 Å². The first-order valence-electron chi connectivity index (χ1n) is 7.00. The fourth-order valence-electron chi connectivity index (χ4n) is 1.76. The van der Waals surface area contributed by atoms with Crippen molar-refractivity contribution in [1.82, 2.24) is 0 Å². The highest BCUT2D eigenvalue weighted by atomic mass is 16.5. The van der Waals surface area contributed by atoms with Crippen molar-refractivity contribution in [3.8, 4) is 5.75 Å². The molecule has 108 valence electrons. The van der Waals surface area contributed by atoms with Gasteiger partial charge >= 0.3 is 0 Å². The first kappa shape index (κ1) is 16.0. The summed E-state index contributed by atoms with van der Waals surface area (Å²) in [6.45, 7) is 9.99. The molecule has 3 heteroatoms. The van der Waals surface area contributed by atoms with E-state index in [0.717, 1.165) is 29.9 Å². The summed E-state index contributed by atoms with van der Waals surface area (Å²) in [5, 5.41) is 9.72. The zero-order valence-electron chi connectivity index (χ0n) is 12.5. The van der Waals surface area contributed by atoms with Crippen LogP contribution >= 0.6 is 0 Å². The average molecular weight is 266 g/mol. The van der Waals surface area contributed by atoms with Crippen LogP contribution in [0.15, 0.2) is 18.2 Å². The Morgan fingerprint density at radius 2 is 1.84 bits per heavy atom. The Labute approximate surface area is 116 Å². The molecule has 0 aliphatic rings. The molecule has 0 aromatic heterocycles. The van der Waals surface area contributed by atoms with Crippen LogP contribution in [-0.4, -0.2) is 24.9 Å². The molecule has 0 amide bonds. The molecule has 0 spiro atoms. The monoisotopic (exact) mass is 266 g/mol. The summed E-state index contributed by atoms with van der Waals surface area (Å²) in [6.07, 6.45) is 0.556. The van der Waals surface area contributed by atoms with E-state index in [2.05, 4.69) is 13.8 Å². The van der Waals surface area contributed by atoms with Gasteiger partial charge in [0.15, 0.2) is 0 Å². The third kappa shape index (κ3) is 6.08. The van der Waals surface area contributed by atoms with Gasteiger partial charge in [0.1, 0.15) is 12.4 Å². The average Bonchev–Trinajstić information content (AvgIpc) is 2.34. The second-order valence-corrected chi connectivity index (χ2v) is 5.36. The van der Waals surface area contributed by atoms with Crippen molar-refractivity contribution in [2.75, 3.05) is 19.8 Å². The molecule has 0 radical (unpaired) electrons. The number of aliphatic hydroxyl groups excluding tert-OH is 1. The number of benzene rings is 1. The molecular weight excluding hydrogens is 240 g/mol. The third-order valence-corrected chi connectivity index (χ3v) is 2.94. The minimum atomic E-state index is -0.517. The number of aryl methyl sites for hydroxylation is 1. The van der Waals surface area contributed by atoms with Crippen molar-refractivity contribution in [2.24, 2.45) is 5.92 Å². The van der Waals surface area contributed by atoms with E-state index in [0.29, 0.717) is 19.1 Å². The van der Waals surface area contributed by atoms with E-state index in [1.54, 1.807) is 6.92 Å². The van der Waals surface area contributed by atoms with E-state index in [9.17, 15) is 5.11 Å². The highest BCUT2D eigenvalue weighted by molar-refractivity contribution is 5.38. The maximum absolute atomic E-state index is 9.72. The Morgan fingerprint density at radius 3 is 2.47 bits per heavy atom. The molecule has 1 aromatic carbocycles. The zero-order chi connectivity index (χ0) is 14.3. The van der Waals surface area contributed by atoms with Gasteiger partial charge in [-0.1, -0.05) is 25.5 Å². The van der Waals surface area contributed by atoms with Gasteiger partial charge in [0.2, 0.25) is 0 Å². The third-order valence-electron chi connectivity index (χ3n) is 2.94. The van der Waals surface area contributed by atoms with Gasteiger partial charge in [-0.25, -0.2) is 0 Å². The fraction of sp³-hybridized carbons (Fsp3) is 0.625. The van der Waals surface area contributed by atoms with E-state index >= 15 is 0 Å². The van der Waals surface area contributed by atoms with Crippen LogP contribution in [0.2, 0.25) is 0 Å². The molecule has 0 unspecified atom stereocenters. The minimum Gasteiger partial charge on any atom is -0.491 e. The van der Waals surface area contributed by atoms with Crippen molar-refractivity contribution in [2.45, 2.75) is 40.2 Å². The van der Waals surface area contributed by atoms with Crippen molar-refractivity contribution in [3.05, 3.63) is 29.3 Å². The Kier molecular flexibility index (Phi) is 6.89. The number of aliphatic hydroxyl groups is 1. The number of hydrogen-bond donors (Lipinski definition) is 1. The van der Waals surface area contributed by atoms with Crippen LogP contribution in [0, 0.1) is 12.8 Å². The van der Waals surface area contributed by atoms with Gasteiger partial charge in [-0.05, 0) is 38.3 Å². The Morgan fingerprint density at radius 1 is 1.11 bits per heavy atom. The lowest BCUT2D eigenvalue weighted by molar-refractivity contribution is 0.0909. The van der Waals surface area contributed by atoms with Gasteiger partial charge in [-0.15, -0.1) is 0 Å². The normalized spacial score (nSPS) is 12.7. The lowest BCUT2D eigenvalue weighted by Gasteiger charge is -2.14. The first-order chi connectivity index (χ1) is 9.00. The van der Waals surface area contributed by atoms with Gasteiger partial charge in [-0.3, -0.25) is 0 Å². The summed E-state index contributed by atoms with van der Waals surface area (Å²) in [4.78, 5) is 0. The summed E-state index contributed by atoms with van der Waals surface area (Å²) >= 11 is 0. The molecule has 0 bridgehead atoms. The van der Waals surface area contributed by atoms with E-state index in [1.807, 2.05) is 25.1 Å². The van der Waals surface area contributed by atoms with Crippen molar-refractivity contribution < 1.29 is 14.6 Å². The molecule has 0 aliphatic carbocycles. The molecule has 1 N–H and O–H groups in total. The minimum absolute atomic E-state index is 0.515. The van der Waals surface area contributed by atoms with Crippen LogP contribution in [0.4, 0.5) is 0 Å². The quantitative estimate of drug-likeness (QED) is 0.732. The smallest absolute Gasteiger partial charge is 0.125 e. The van der Waals surface area contributed by atoms with Crippen molar-refractivity contribution in [1.29, 1.82) is 0 Å². The van der Waals surface area contributed by atoms with Gasteiger partial charge in [0.05, 0.1) is 12.7 Å². The van der Waals surface area contributed by atoms with E-state index in [4.69, 9.17) is 9.47 Å². The summed E-state index contributed by atoms with van der Waals surface area (Å²) in [6, 6.07) is 5.85. The Bertz CT molecular complexity index is 372. The van der Waals surface area contributed by atoms with Gasteiger partial charge in [0.25, 0.3) is 0 Å². The summed E-state index contributed by atoms with van der Waals surface area (Å²) in [5.74, 6) is 1.41. The molecule has 0 fully saturated rings. The van der Waals surface area contributed by atoms with Crippen molar-refractivity contribution >= 4 is 0 Å². The highest BCUT2D eigenvalue weighted by Gasteiger charge is 2.09. The molecular formula is C16H26O3. The van der Waals surface area contributed by atoms with Gasteiger partial charge in [0, 0.05) is 12.2 Å². The second-order valence-electron chi connectivity index (χ2n) is 5.36. The molecule has 0 saturated heterocycles. The Hall–Kier alpha value is -1.06. The lowest BCUT2D eigenvalue weighted by Crippen LogP contribution is -2.10. The van der Waals surface area contributed by atoms with Gasteiger partial charge in [-0.2, -0.15) is 0 Å². The van der Waals surface area contributed by atoms with Crippen LogP contribution in [-0.2, 0) is 4.74 Å². The lowest BCUT2D eigenvalue weighted by atomic mass is 10.1. The molecule has 0 saturated carbocycles. The molecule has 1 aromatic rings. The number of ether oxygens (including phenoxy) is 2. The van der Waals surface area contributed by atoms with Crippen LogP contribution in [0.1, 0.15) is 44.4 Å². The predicted octanol–water partition coefficient (Wildman–Crippen LogP) is 3.49. The first-order valence-corrected chi connectivity index (χ1v) is 7.00. The summed E-state index contributed by atoms with van der Waals surface area (Å²) in [7, 11) is 0. The molecule has 1 atom stereocenters. The largest absolute Gasteiger partial charge is 0.491 e.